The number of carbonyl (C=O) groups is 1. The van der Waals surface area contributed by atoms with Gasteiger partial charge in [-0.2, -0.15) is 0 Å². The van der Waals surface area contributed by atoms with Crippen molar-refractivity contribution in [2.75, 3.05) is 0 Å². The summed E-state index contributed by atoms with van der Waals surface area (Å²) < 4.78 is 0. The van der Waals surface area contributed by atoms with E-state index in [4.69, 9.17) is 5.73 Å². The minimum absolute atomic E-state index is 0.201. The second kappa shape index (κ2) is 4.03. The quantitative estimate of drug-likeness (QED) is 0.760. The molecule has 0 aromatic carbocycles. The van der Waals surface area contributed by atoms with Crippen molar-refractivity contribution in [1.29, 1.82) is 0 Å². The first kappa shape index (κ1) is 9.71. The molecular weight excluding hydrogens is 164 g/mol. The van der Waals surface area contributed by atoms with Crippen LogP contribution in [-0.2, 0) is 4.79 Å². The van der Waals surface area contributed by atoms with Crippen LogP contribution in [0.3, 0.4) is 0 Å². The summed E-state index contributed by atoms with van der Waals surface area (Å²) >= 11 is 0. The Bertz CT molecular complexity index is 310. The number of pyridine rings is 1. The topological polar surface area (TPSA) is 56.0 Å². The molecule has 0 aliphatic carbocycles. The van der Waals surface area contributed by atoms with Gasteiger partial charge in [0.1, 0.15) is 0 Å². The van der Waals surface area contributed by atoms with E-state index in [1.54, 1.807) is 12.4 Å². The lowest BCUT2D eigenvalue weighted by Gasteiger charge is -2.10. The molecule has 2 N–H and O–H groups in total. The van der Waals surface area contributed by atoms with Crippen LogP contribution in [0, 0.1) is 6.92 Å². The molecule has 1 unspecified atom stereocenters. The standard InChI is InChI=1S/C10H14N2O/c1-3-9(10(11)13)8-4-7(2)5-12-6-8/h4-6,9H,3H2,1-2H3,(H2,11,13). The van der Waals surface area contributed by atoms with Crippen LogP contribution < -0.4 is 5.73 Å². The van der Waals surface area contributed by atoms with E-state index < -0.39 is 0 Å². The third-order valence-corrected chi connectivity index (χ3v) is 2.05. The number of hydrogen-bond acceptors (Lipinski definition) is 2. The number of primary amides is 1. The molecule has 0 bridgehead atoms. The van der Waals surface area contributed by atoms with Crippen molar-refractivity contribution in [1.82, 2.24) is 4.98 Å². The lowest BCUT2D eigenvalue weighted by Crippen LogP contribution is -2.20. The van der Waals surface area contributed by atoms with Crippen LogP contribution in [0.15, 0.2) is 18.5 Å². The van der Waals surface area contributed by atoms with E-state index in [1.165, 1.54) is 0 Å². The fraction of sp³-hybridized carbons (Fsp3) is 0.400. The molecule has 0 radical (unpaired) electrons. The van der Waals surface area contributed by atoms with Crippen molar-refractivity contribution in [2.45, 2.75) is 26.2 Å². The molecule has 0 spiro atoms. The van der Waals surface area contributed by atoms with Gasteiger partial charge in [-0.15, -0.1) is 0 Å². The van der Waals surface area contributed by atoms with Crippen LogP contribution in [0.2, 0.25) is 0 Å². The second-order valence-electron chi connectivity index (χ2n) is 3.16. The Morgan fingerprint density at radius 2 is 2.31 bits per heavy atom. The number of aromatic nitrogens is 1. The molecule has 3 nitrogen and oxygen atoms in total. The van der Waals surface area contributed by atoms with Gasteiger partial charge in [-0.3, -0.25) is 9.78 Å². The molecule has 3 heteroatoms. The number of nitrogens with zero attached hydrogens (tertiary/aromatic N) is 1. The number of amides is 1. The van der Waals surface area contributed by atoms with Gasteiger partial charge in [0.2, 0.25) is 5.91 Å². The Morgan fingerprint density at radius 1 is 1.62 bits per heavy atom. The Kier molecular flexibility index (Phi) is 3.01. The molecule has 1 amide bonds. The fourth-order valence-corrected chi connectivity index (χ4v) is 1.37. The Balaban J connectivity index is 2.98. The summed E-state index contributed by atoms with van der Waals surface area (Å²) in [6.07, 6.45) is 4.18. The summed E-state index contributed by atoms with van der Waals surface area (Å²) in [5.74, 6) is -0.484. The van der Waals surface area contributed by atoms with Crippen LogP contribution in [0.1, 0.15) is 30.4 Å². The zero-order valence-corrected chi connectivity index (χ0v) is 7.95. The number of hydrogen-bond donors (Lipinski definition) is 1. The zero-order valence-electron chi connectivity index (χ0n) is 7.95. The maximum Gasteiger partial charge on any atom is 0.225 e. The third-order valence-electron chi connectivity index (χ3n) is 2.05. The van der Waals surface area contributed by atoms with Crippen molar-refractivity contribution >= 4 is 5.91 Å². The van der Waals surface area contributed by atoms with E-state index in [-0.39, 0.29) is 11.8 Å². The van der Waals surface area contributed by atoms with Gasteiger partial charge in [0, 0.05) is 12.4 Å². The molecule has 13 heavy (non-hydrogen) atoms. The molecule has 1 aromatic rings. The summed E-state index contributed by atoms with van der Waals surface area (Å²) in [6.45, 7) is 3.89. The molecule has 1 heterocycles. The molecule has 0 aliphatic rings. The summed E-state index contributed by atoms with van der Waals surface area (Å²) in [6, 6.07) is 1.95. The minimum Gasteiger partial charge on any atom is -0.369 e. The molecule has 1 rings (SSSR count). The molecular formula is C10H14N2O. The fourth-order valence-electron chi connectivity index (χ4n) is 1.37. The highest BCUT2D eigenvalue weighted by Gasteiger charge is 2.15. The smallest absolute Gasteiger partial charge is 0.225 e. The summed E-state index contributed by atoms with van der Waals surface area (Å²) in [5.41, 5.74) is 7.23. The molecule has 1 atom stereocenters. The summed E-state index contributed by atoms with van der Waals surface area (Å²) in [5, 5.41) is 0. The molecule has 0 saturated carbocycles. The van der Waals surface area contributed by atoms with Crippen LogP contribution in [0.25, 0.3) is 0 Å². The van der Waals surface area contributed by atoms with Crippen LogP contribution >= 0.6 is 0 Å². The van der Waals surface area contributed by atoms with E-state index in [2.05, 4.69) is 4.98 Å². The second-order valence-corrected chi connectivity index (χ2v) is 3.16. The van der Waals surface area contributed by atoms with Crippen molar-refractivity contribution in [3.63, 3.8) is 0 Å². The van der Waals surface area contributed by atoms with Gasteiger partial charge in [-0.25, -0.2) is 0 Å². The predicted octanol–water partition coefficient (Wildman–Crippen LogP) is 1.37. The molecule has 0 fully saturated rings. The minimum atomic E-state index is -0.282. The average molecular weight is 178 g/mol. The SMILES string of the molecule is CCC(C(N)=O)c1cncc(C)c1. The summed E-state index contributed by atoms with van der Waals surface area (Å²) in [4.78, 5) is 15.1. The monoisotopic (exact) mass is 178 g/mol. The number of carbonyl (C=O) groups excluding carboxylic acids is 1. The van der Waals surface area contributed by atoms with Gasteiger partial charge >= 0.3 is 0 Å². The van der Waals surface area contributed by atoms with Gasteiger partial charge in [0.05, 0.1) is 5.92 Å². The highest BCUT2D eigenvalue weighted by molar-refractivity contribution is 5.81. The molecule has 0 saturated heterocycles. The first-order valence-corrected chi connectivity index (χ1v) is 4.36. The highest BCUT2D eigenvalue weighted by Crippen LogP contribution is 2.18. The Morgan fingerprint density at radius 3 is 2.77 bits per heavy atom. The van der Waals surface area contributed by atoms with E-state index in [1.807, 2.05) is 19.9 Å². The van der Waals surface area contributed by atoms with E-state index >= 15 is 0 Å². The van der Waals surface area contributed by atoms with Gasteiger partial charge in [0.25, 0.3) is 0 Å². The van der Waals surface area contributed by atoms with E-state index in [0.29, 0.717) is 0 Å². The Labute approximate surface area is 78.0 Å². The molecule has 70 valence electrons. The van der Waals surface area contributed by atoms with Crippen molar-refractivity contribution in [3.05, 3.63) is 29.6 Å². The van der Waals surface area contributed by atoms with Gasteiger partial charge in [-0.1, -0.05) is 13.0 Å². The Hall–Kier alpha value is -1.38. The van der Waals surface area contributed by atoms with Crippen molar-refractivity contribution in [2.24, 2.45) is 5.73 Å². The maximum atomic E-state index is 11.0. The summed E-state index contributed by atoms with van der Waals surface area (Å²) in [7, 11) is 0. The van der Waals surface area contributed by atoms with E-state index in [0.717, 1.165) is 17.5 Å². The van der Waals surface area contributed by atoms with Gasteiger partial charge < -0.3 is 5.73 Å². The highest BCUT2D eigenvalue weighted by atomic mass is 16.1. The third kappa shape index (κ3) is 2.28. The van der Waals surface area contributed by atoms with Gasteiger partial charge in [-0.05, 0) is 24.5 Å². The average Bonchev–Trinajstić information content (AvgIpc) is 2.04. The number of rotatable bonds is 3. The number of nitrogens with two attached hydrogens (primary N) is 1. The molecule has 1 aromatic heterocycles. The van der Waals surface area contributed by atoms with Crippen LogP contribution in [0.4, 0.5) is 0 Å². The largest absolute Gasteiger partial charge is 0.369 e. The van der Waals surface area contributed by atoms with Crippen molar-refractivity contribution < 1.29 is 4.79 Å². The predicted molar refractivity (Wildman–Crippen MR) is 51.2 cm³/mol. The maximum absolute atomic E-state index is 11.0. The lowest BCUT2D eigenvalue weighted by atomic mass is 9.97. The normalized spacial score (nSPS) is 12.5. The first-order chi connectivity index (χ1) is 6.15. The number of aryl methyl sites for hydroxylation is 1. The zero-order chi connectivity index (χ0) is 9.84. The molecule has 0 aliphatic heterocycles. The van der Waals surface area contributed by atoms with Crippen LogP contribution in [-0.4, -0.2) is 10.9 Å². The van der Waals surface area contributed by atoms with Gasteiger partial charge in [0.15, 0.2) is 0 Å². The lowest BCUT2D eigenvalue weighted by molar-refractivity contribution is -0.119. The van der Waals surface area contributed by atoms with E-state index in [9.17, 15) is 4.79 Å². The first-order valence-electron chi connectivity index (χ1n) is 4.36. The van der Waals surface area contributed by atoms with Crippen LogP contribution in [0.5, 0.6) is 0 Å². The van der Waals surface area contributed by atoms with Crippen molar-refractivity contribution in [3.8, 4) is 0 Å².